The van der Waals surface area contributed by atoms with Crippen molar-refractivity contribution in [3.8, 4) is 0 Å². The van der Waals surface area contributed by atoms with Crippen LogP contribution in [0.15, 0.2) is 24.4 Å². The quantitative estimate of drug-likeness (QED) is 0.777. The average Bonchev–Trinajstić information content (AvgIpc) is 2.46. The van der Waals surface area contributed by atoms with Crippen LogP contribution in [0.4, 0.5) is 0 Å². The van der Waals surface area contributed by atoms with Crippen LogP contribution in [-0.4, -0.2) is 66.7 Å². The van der Waals surface area contributed by atoms with Crippen molar-refractivity contribution in [2.45, 2.75) is 5.92 Å². The molecule has 1 aliphatic heterocycles. The number of thiocarbonyl (C=S) groups is 1. The van der Waals surface area contributed by atoms with Crippen LogP contribution in [-0.2, 0) is 4.74 Å². The fraction of sp³-hybridized carbons (Fsp3) is 0.571. The Morgan fingerprint density at radius 1 is 1.42 bits per heavy atom. The van der Waals surface area contributed by atoms with Gasteiger partial charge in [-0.1, -0.05) is 18.3 Å². The second-order valence-electron chi connectivity index (χ2n) is 4.95. The number of morpholine rings is 1. The summed E-state index contributed by atoms with van der Waals surface area (Å²) in [5, 5.41) is 0. The van der Waals surface area contributed by atoms with Crippen molar-refractivity contribution in [1.82, 2.24) is 14.8 Å². The van der Waals surface area contributed by atoms with Crippen molar-refractivity contribution in [1.29, 1.82) is 0 Å². The fourth-order valence-corrected chi connectivity index (χ4v) is 2.43. The molecule has 0 aromatic carbocycles. The summed E-state index contributed by atoms with van der Waals surface area (Å²) < 4.78 is 5.39. The van der Waals surface area contributed by atoms with E-state index >= 15 is 0 Å². The summed E-state index contributed by atoms with van der Waals surface area (Å²) in [6.07, 6.45) is 1.83. The molecule has 2 rings (SSSR count). The van der Waals surface area contributed by atoms with Gasteiger partial charge in [0, 0.05) is 39.9 Å². The van der Waals surface area contributed by atoms with Gasteiger partial charge in [0.2, 0.25) is 0 Å². The topological polar surface area (TPSA) is 28.6 Å². The molecular weight excluding hydrogens is 258 g/mol. The lowest BCUT2D eigenvalue weighted by Gasteiger charge is -2.32. The SMILES string of the molecule is CN(C)C(=S)C(CN1CCOCC1)c1ccccn1. The third-order valence-corrected chi connectivity index (χ3v) is 3.98. The number of hydrogen-bond acceptors (Lipinski definition) is 4. The molecule has 4 nitrogen and oxygen atoms in total. The number of ether oxygens (including phenoxy) is 1. The van der Waals surface area contributed by atoms with Crippen molar-refractivity contribution in [2.75, 3.05) is 46.9 Å². The molecule has 0 spiro atoms. The van der Waals surface area contributed by atoms with Gasteiger partial charge in [0.1, 0.15) is 0 Å². The summed E-state index contributed by atoms with van der Waals surface area (Å²) in [5.74, 6) is 0.171. The number of nitrogens with zero attached hydrogens (tertiary/aromatic N) is 3. The summed E-state index contributed by atoms with van der Waals surface area (Å²) in [5.41, 5.74) is 1.05. The molecule has 19 heavy (non-hydrogen) atoms. The fourth-order valence-electron chi connectivity index (χ4n) is 2.23. The first-order valence-electron chi connectivity index (χ1n) is 6.60. The Labute approximate surface area is 120 Å². The molecule has 1 aromatic rings. The lowest BCUT2D eigenvalue weighted by atomic mass is 10.0. The lowest BCUT2D eigenvalue weighted by molar-refractivity contribution is 0.0371. The molecule has 0 amide bonds. The Hall–Kier alpha value is -1.04. The normalized spacial score (nSPS) is 18.0. The van der Waals surface area contributed by atoms with E-state index in [1.807, 2.05) is 37.3 Å². The summed E-state index contributed by atoms with van der Waals surface area (Å²) in [7, 11) is 4.00. The first-order valence-corrected chi connectivity index (χ1v) is 7.01. The largest absolute Gasteiger partial charge is 0.379 e. The van der Waals surface area contributed by atoms with Gasteiger partial charge in [-0.25, -0.2) is 0 Å². The molecule has 104 valence electrons. The summed E-state index contributed by atoms with van der Waals surface area (Å²) in [6.45, 7) is 4.48. The van der Waals surface area contributed by atoms with Crippen molar-refractivity contribution in [3.63, 3.8) is 0 Å². The summed E-state index contributed by atoms with van der Waals surface area (Å²) in [6, 6.07) is 6.02. The summed E-state index contributed by atoms with van der Waals surface area (Å²) >= 11 is 5.58. The van der Waals surface area contributed by atoms with Gasteiger partial charge in [0.25, 0.3) is 0 Å². The third-order valence-electron chi connectivity index (χ3n) is 3.33. The van der Waals surface area contributed by atoms with E-state index in [9.17, 15) is 0 Å². The number of aromatic nitrogens is 1. The van der Waals surface area contributed by atoms with Crippen LogP contribution in [0.1, 0.15) is 11.6 Å². The molecule has 0 radical (unpaired) electrons. The van der Waals surface area contributed by atoms with Gasteiger partial charge in [0.15, 0.2) is 0 Å². The number of rotatable bonds is 4. The summed E-state index contributed by atoms with van der Waals surface area (Å²) in [4.78, 5) is 9.82. The van der Waals surface area contributed by atoms with Gasteiger partial charge >= 0.3 is 0 Å². The Balaban J connectivity index is 2.12. The molecule has 1 aromatic heterocycles. The second-order valence-corrected chi connectivity index (χ2v) is 5.37. The Bertz CT molecular complexity index is 404. The maximum absolute atomic E-state index is 5.58. The van der Waals surface area contributed by atoms with Crippen LogP contribution in [0.5, 0.6) is 0 Å². The molecule has 0 saturated carbocycles. The predicted octanol–water partition coefficient (Wildman–Crippen LogP) is 1.39. The van der Waals surface area contributed by atoms with Gasteiger partial charge < -0.3 is 9.64 Å². The Kier molecular flexibility index (Phi) is 5.24. The van der Waals surface area contributed by atoms with Gasteiger partial charge in [-0.15, -0.1) is 0 Å². The van der Waals surface area contributed by atoms with E-state index < -0.39 is 0 Å². The highest BCUT2D eigenvalue weighted by molar-refractivity contribution is 7.80. The van der Waals surface area contributed by atoms with Crippen LogP contribution in [0.3, 0.4) is 0 Å². The van der Waals surface area contributed by atoms with Gasteiger partial charge in [-0.3, -0.25) is 9.88 Å². The molecule has 1 fully saturated rings. The monoisotopic (exact) mass is 279 g/mol. The minimum atomic E-state index is 0.171. The third kappa shape index (κ3) is 3.96. The molecule has 1 unspecified atom stereocenters. The van der Waals surface area contributed by atoms with E-state index in [2.05, 4.69) is 16.0 Å². The molecule has 2 heterocycles. The standard InChI is InChI=1S/C14H21N3OS/c1-16(2)14(19)12(13-5-3-4-6-15-13)11-17-7-9-18-10-8-17/h3-6,12H,7-11H2,1-2H3. The highest BCUT2D eigenvalue weighted by Gasteiger charge is 2.23. The molecule has 0 aliphatic carbocycles. The van der Waals surface area contributed by atoms with E-state index in [-0.39, 0.29) is 5.92 Å². The van der Waals surface area contributed by atoms with Crippen LogP contribution in [0.25, 0.3) is 0 Å². The maximum Gasteiger partial charge on any atom is 0.0878 e. The molecular formula is C14H21N3OS. The molecule has 1 atom stereocenters. The number of pyridine rings is 1. The van der Waals surface area contributed by atoms with Gasteiger partial charge in [-0.05, 0) is 12.1 Å². The minimum absolute atomic E-state index is 0.171. The molecule has 0 bridgehead atoms. The van der Waals surface area contributed by atoms with Gasteiger partial charge in [0.05, 0.1) is 29.8 Å². The zero-order chi connectivity index (χ0) is 13.7. The Morgan fingerprint density at radius 3 is 2.74 bits per heavy atom. The van der Waals surface area contributed by atoms with Crippen molar-refractivity contribution in [2.24, 2.45) is 0 Å². The van der Waals surface area contributed by atoms with E-state index in [1.165, 1.54) is 0 Å². The minimum Gasteiger partial charge on any atom is -0.379 e. The molecule has 1 aliphatic rings. The smallest absolute Gasteiger partial charge is 0.0878 e. The van der Waals surface area contributed by atoms with Crippen molar-refractivity contribution < 1.29 is 4.74 Å². The first kappa shape index (κ1) is 14.4. The molecule has 1 saturated heterocycles. The van der Waals surface area contributed by atoms with Crippen molar-refractivity contribution >= 4 is 17.2 Å². The number of likely N-dealkylation sites (N-methyl/N-ethyl adjacent to an activating group) is 1. The predicted molar refractivity (Wildman–Crippen MR) is 80.5 cm³/mol. The maximum atomic E-state index is 5.58. The van der Waals surface area contributed by atoms with Gasteiger partial charge in [-0.2, -0.15) is 0 Å². The molecule has 5 heteroatoms. The van der Waals surface area contributed by atoms with E-state index in [0.29, 0.717) is 0 Å². The van der Waals surface area contributed by atoms with Crippen LogP contribution in [0.2, 0.25) is 0 Å². The highest BCUT2D eigenvalue weighted by Crippen LogP contribution is 2.19. The number of hydrogen-bond donors (Lipinski definition) is 0. The zero-order valence-corrected chi connectivity index (χ0v) is 12.4. The lowest BCUT2D eigenvalue weighted by Crippen LogP contribution is -2.42. The van der Waals surface area contributed by atoms with Crippen LogP contribution in [0, 0.1) is 0 Å². The second kappa shape index (κ2) is 6.93. The van der Waals surface area contributed by atoms with Crippen LogP contribution < -0.4 is 0 Å². The average molecular weight is 279 g/mol. The Morgan fingerprint density at radius 2 is 2.16 bits per heavy atom. The van der Waals surface area contributed by atoms with Crippen LogP contribution >= 0.6 is 12.2 Å². The van der Waals surface area contributed by atoms with E-state index in [4.69, 9.17) is 17.0 Å². The van der Waals surface area contributed by atoms with Crippen molar-refractivity contribution in [3.05, 3.63) is 30.1 Å². The van der Waals surface area contributed by atoms with E-state index in [1.54, 1.807) is 0 Å². The molecule has 0 N–H and O–H groups in total. The zero-order valence-electron chi connectivity index (χ0n) is 11.6. The highest BCUT2D eigenvalue weighted by atomic mass is 32.1. The van der Waals surface area contributed by atoms with E-state index in [0.717, 1.165) is 43.5 Å². The first-order chi connectivity index (χ1) is 9.18.